The van der Waals surface area contributed by atoms with Crippen molar-refractivity contribution in [1.82, 2.24) is 20.2 Å². The molecule has 26 heavy (non-hydrogen) atoms. The Labute approximate surface area is 153 Å². The highest BCUT2D eigenvalue weighted by molar-refractivity contribution is 5.95. The fourth-order valence-corrected chi connectivity index (χ4v) is 3.38. The number of carbonyl (C=O) groups is 1. The molecule has 138 valence electrons. The van der Waals surface area contributed by atoms with Crippen molar-refractivity contribution < 1.29 is 4.79 Å². The zero-order chi connectivity index (χ0) is 18.4. The van der Waals surface area contributed by atoms with E-state index >= 15 is 0 Å². The smallest absolute Gasteiger partial charge is 0.263 e. The Bertz CT molecular complexity index is 795. The first-order valence-electron chi connectivity index (χ1n) is 9.24. The van der Waals surface area contributed by atoms with Gasteiger partial charge in [-0.25, -0.2) is 0 Å². The molecule has 1 fully saturated rings. The highest BCUT2D eigenvalue weighted by Gasteiger charge is 2.18. The summed E-state index contributed by atoms with van der Waals surface area (Å²) < 4.78 is 1.68. The van der Waals surface area contributed by atoms with Crippen molar-refractivity contribution in [2.24, 2.45) is 5.92 Å². The lowest BCUT2D eigenvalue weighted by Crippen LogP contribution is -2.38. The van der Waals surface area contributed by atoms with Crippen LogP contribution in [-0.2, 0) is 13.0 Å². The van der Waals surface area contributed by atoms with E-state index < -0.39 is 0 Å². The third-order valence-corrected chi connectivity index (χ3v) is 4.85. The highest BCUT2D eigenvalue weighted by atomic mass is 16.2. The van der Waals surface area contributed by atoms with Crippen LogP contribution in [0.1, 0.15) is 34.5 Å². The number of pyridine rings is 2. The number of nitrogens with zero attached hydrogens (tertiary/aromatic N) is 2. The molecule has 1 aliphatic heterocycles. The van der Waals surface area contributed by atoms with Crippen molar-refractivity contribution in [3.63, 3.8) is 0 Å². The maximum Gasteiger partial charge on any atom is 0.263 e. The first kappa shape index (κ1) is 18.3. The molecule has 1 aliphatic rings. The van der Waals surface area contributed by atoms with Crippen LogP contribution in [-0.4, -0.2) is 35.1 Å². The molecule has 3 heterocycles. The molecule has 0 spiro atoms. The standard InChI is InChI=1S/C20H26N4O2/c1-15-8-12-24(14-16-5-4-9-21-13-16)20(26)18(15)19(25)23-11-7-17-6-2-3-10-22-17/h2-3,6,8,10,12,16,21H,4-5,7,9,11,13-14H2,1H3,(H,23,25). The lowest BCUT2D eigenvalue weighted by Gasteiger charge is -2.23. The summed E-state index contributed by atoms with van der Waals surface area (Å²) in [6.07, 6.45) is 6.42. The third-order valence-electron chi connectivity index (χ3n) is 4.85. The van der Waals surface area contributed by atoms with Crippen LogP contribution in [0.2, 0.25) is 0 Å². The van der Waals surface area contributed by atoms with Crippen molar-refractivity contribution in [2.45, 2.75) is 32.7 Å². The van der Waals surface area contributed by atoms with Crippen molar-refractivity contribution in [3.05, 3.63) is 63.8 Å². The number of aryl methyl sites for hydroxylation is 1. The van der Waals surface area contributed by atoms with Gasteiger partial charge in [-0.15, -0.1) is 0 Å². The molecular weight excluding hydrogens is 328 g/mol. The van der Waals surface area contributed by atoms with Gasteiger partial charge in [-0.1, -0.05) is 6.07 Å². The number of carbonyl (C=O) groups excluding carboxylic acids is 1. The fraction of sp³-hybridized carbons (Fsp3) is 0.450. The highest BCUT2D eigenvalue weighted by Crippen LogP contribution is 2.12. The number of hydrogen-bond donors (Lipinski definition) is 2. The summed E-state index contributed by atoms with van der Waals surface area (Å²) in [5, 5.41) is 6.22. The fourth-order valence-electron chi connectivity index (χ4n) is 3.38. The van der Waals surface area contributed by atoms with Crippen LogP contribution in [0.3, 0.4) is 0 Å². The molecule has 0 bridgehead atoms. The molecule has 0 aromatic carbocycles. The van der Waals surface area contributed by atoms with Crippen LogP contribution in [0.5, 0.6) is 0 Å². The SMILES string of the molecule is Cc1ccn(CC2CCCNC2)c(=O)c1C(=O)NCCc1ccccn1. The minimum atomic E-state index is -0.306. The average Bonchev–Trinajstić information content (AvgIpc) is 2.66. The summed E-state index contributed by atoms with van der Waals surface area (Å²) in [4.78, 5) is 29.6. The molecule has 0 saturated carbocycles. The first-order valence-corrected chi connectivity index (χ1v) is 9.24. The van der Waals surface area contributed by atoms with Crippen LogP contribution < -0.4 is 16.2 Å². The van der Waals surface area contributed by atoms with Gasteiger partial charge in [0.2, 0.25) is 0 Å². The summed E-state index contributed by atoms with van der Waals surface area (Å²) in [5.74, 6) is 0.128. The lowest BCUT2D eigenvalue weighted by atomic mass is 9.99. The maximum atomic E-state index is 12.8. The van der Waals surface area contributed by atoms with E-state index in [1.54, 1.807) is 17.0 Å². The van der Waals surface area contributed by atoms with Gasteiger partial charge in [0.05, 0.1) is 0 Å². The van der Waals surface area contributed by atoms with E-state index in [4.69, 9.17) is 0 Å². The number of rotatable bonds is 6. The second-order valence-electron chi connectivity index (χ2n) is 6.87. The van der Waals surface area contributed by atoms with Crippen LogP contribution in [0.25, 0.3) is 0 Å². The van der Waals surface area contributed by atoms with E-state index in [-0.39, 0.29) is 17.0 Å². The minimum absolute atomic E-state index is 0.203. The van der Waals surface area contributed by atoms with Crippen molar-refractivity contribution in [2.75, 3.05) is 19.6 Å². The molecule has 6 heteroatoms. The molecule has 3 rings (SSSR count). The van der Waals surface area contributed by atoms with Gasteiger partial charge in [0, 0.05) is 37.6 Å². The Morgan fingerprint density at radius 2 is 2.27 bits per heavy atom. The number of hydrogen-bond acceptors (Lipinski definition) is 4. The van der Waals surface area contributed by atoms with Crippen LogP contribution in [0.4, 0.5) is 0 Å². The van der Waals surface area contributed by atoms with Gasteiger partial charge in [-0.05, 0) is 62.5 Å². The van der Waals surface area contributed by atoms with E-state index in [0.717, 1.165) is 31.6 Å². The van der Waals surface area contributed by atoms with Gasteiger partial charge in [0.25, 0.3) is 11.5 Å². The number of aromatic nitrogens is 2. The molecule has 2 aromatic rings. The zero-order valence-electron chi connectivity index (χ0n) is 15.2. The molecule has 2 N–H and O–H groups in total. The number of amides is 1. The van der Waals surface area contributed by atoms with Crippen LogP contribution in [0, 0.1) is 12.8 Å². The summed E-state index contributed by atoms with van der Waals surface area (Å²) in [6, 6.07) is 7.56. The summed E-state index contributed by atoms with van der Waals surface area (Å²) in [6.45, 7) is 4.88. The molecule has 1 saturated heterocycles. The van der Waals surface area contributed by atoms with Crippen molar-refractivity contribution >= 4 is 5.91 Å². The van der Waals surface area contributed by atoms with Crippen molar-refractivity contribution in [1.29, 1.82) is 0 Å². The summed E-state index contributed by atoms with van der Waals surface area (Å²) in [7, 11) is 0. The van der Waals surface area contributed by atoms with E-state index in [9.17, 15) is 9.59 Å². The molecular formula is C20H26N4O2. The predicted molar refractivity (Wildman–Crippen MR) is 101 cm³/mol. The quantitative estimate of drug-likeness (QED) is 0.825. The topological polar surface area (TPSA) is 76.0 Å². The lowest BCUT2D eigenvalue weighted by molar-refractivity contribution is 0.0951. The van der Waals surface area contributed by atoms with Gasteiger partial charge < -0.3 is 15.2 Å². The average molecular weight is 354 g/mol. The molecule has 1 atom stereocenters. The zero-order valence-corrected chi connectivity index (χ0v) is 15.2. The Morgan fingerprint density at radius 1 is 1.38 bits per heavy atom. The summed E-state index contributed by atoms with van der Waals surface area (Å²) >= 11 is 0. The monoisotopic (exact) mass is 354 g/mol. The predicted octanol–water partition coefficient (Wildman–Crippen LogP) is 1.52. The van der Waals surface area contributed by atoms with Gasteiger partial charge in [0.15, 0.2) is 0 Å². The Kier molecular flexibility index (Phi) is 6.17. The van der Waals surface area contributed by atoms with E-state index in [0.29, 0.717) is 31.0 Å². The van der Waals surface area contributed by atoms with Gasteiger partial charge in [-0.2, -0.15) is 0 Å². The largest absolute Gasteiger partial charge is 0.351 e. The van der Waals surface area contributed by atoms with Crippen LogP contribution in [0.15, 0.2) is 41.5 Å². The third kappa shape index (κ3) is 4.58. The first-order chi connectivity index (χ1) is 12.6. The molecule has 1 amide bonds. The second-order valence-corrected chi connectivity index (χ2v) is 6.87. The second kappa shape index (κ2) is 8.76. The van der Waals surface area contributed by atoms with E-state index in [1.165, 1.54) is 0 Å². The van der Waals surface area contributed by atoms with Gasteiger partial charge >= 0.3 is 0 Å². The maximum absolute atomic E-state index is 12.8. The number of piperidine rings is 1. The van der Waals surface area contributed by atoms with Gasteiger partial charge in [0.1, 0.15) is 5.56 Å². The molecule has 1 unspecified atom stereocenters. The molecule has 6 nitrogen and oxygen atoms in total. The summed E-state index contributed by atoms with van der Waals surface area (Å²) in [5.41, 5.74) is 1.67. The Balaban J connectivity index is 1.66. The molecule has 0 radical (unpaired) electrons. The molecule has 2 aromatic heterocycles. The van der Waals surface area contributed by atoms with Gasteiger partial charge in [-0.3, -0.25) is 14.6 Å². The number of nitrogens with one attached hydrogen (secondary N) is 2. The van der Waals surface area contributed by atoms with Crippen molar-refractivity contribution in [3.8, 4) is 0 Å². The normalized spacial score (nSPS) is 17.0. The van der Waals surface area contributed by atoms with E-state index in [1.807, 2.05) is 31.2 Å². The molecule has 0 aliphatic carbocycles. The Hall–Kier alpha value is -2.47. The minimum Gasteiger partial charge on any atom is -0.351 e. The van der Waals surface area contributed by atoms with E-state index in [2.05, 4.69) is 15.6 Å². The Morgan fingerprint density at radius 3 is 3.00 bits per heavy atom. The van der Waals surface area contributed by atoms with Crippen LogP contribution >= 0.6 is 0 Å².